The maximum Gasteiger partial charge on any atom is 0.320 e. The molecule has 0 aliphatic rings. The van der Waals surface area contributed by atoms with E-state index >= 15 is 0 Å². The quantitative estimate of drug-likeness (QED) is 0.535. The van der Waals surface area contributed by atoms with Crippen LogP contribution >= 0.6 is 0 Å². The molecule has 0 aromatic heterocycles. The van der Waals surface area contributed by atoms with E-state index < -0.39 is 12.0 Å². The highest BCUT2D eigenvalue weighted by molar-refractivity contribution is 5.80. The summed E-state index contributed by atoms with van der Waals surface area (Å²) in [6, 6.07) is -0.961. The highest BCUT2D eigenvalue weighted by atomic mass is 16.4. The van der Waals surface area contributed by atoms with Crippen LogP contribution < -0.4 is 11.1 Å². The number of amides is 1. The Labute approximate surface area is 90.0 Å². The van der Waals surface area contributed by atoms with Gasteiger partial charge in [0.15, 0.2) is 0 Å². The van der Waals surface area contributed by atoms with Crippen molar-refractivity contribution in [1.82, 2.24) is 5.32 Å². The van der Waals surface area contributed by atoms with Crippen LogP contribution in [-0.2, 0) is 9.59 Å². The normalized spacial score (nSPS) is 14.3. The molecule has 0 rings (SSSR count). The first-order valence-electron chi connectivity index (χ1n) is 5.25. The Hall–Kier alpha value is -1.10. The van der Waals surface area contributed by atoms with E-state index in [1.54, 1.807) is 6.92 Å². The van der Waals surface area contributed by atoms with Crippen LogP contribution in [0.5, 0.6) is 0 Å². The summed E-state index contributed by atoms with van der Waals surface area (Å²) in [5, 5.41) is 11.3. The van der Waals surface area contributed by atoms with Crippen molar-refractivity contribution in [2.24, 2.45) is 11.7 Å². The molecule has 0 spiro atoms. The zero-order valence-corrected chi connectivity index (χ0v) is 9.32. The van der Waals surface area contributed by atoms with E-state index in [9.17, 15) is 9.59 Å². The molecule has 1 amide bonds. The summed E-state index contributed by atoms with van der Waals surface area (Å²) in [4.78, 5) is 21.9. The van der Waals surface area contributed by atoms with Gasteiger partial charge in [-0.15, -0.1) is 0 Å². The first-order chi connectivity index (χ1) is 6.99. The lowest BCUT2D eigenvalue weighted by molar-refractivity contribution is -0.139. The van der Waals surface area contributed by atoms with Gasteiger partial charge in [-0.05, 0) is 12.8 Å². The smallest absolute Gasteiger partial charge is 0.320 e. The number of carbonyl (C=O) groups excluding carboxylic acids is 1. The monoisotopic (exact) mass is 216 g/mol. The Balaban J connectivity index is 3.83. The topological polar surface area (TPSA) is 92.4 Å². The second-order valence-electron chi connectivity index (χ2n) is 3.73. The standard InChI is InChI=1S/C10H20N2O3/c1-3-4-5-12-9(13)7(2)6-8(11)10(14)15/h7-8H,3-6,11H2,1-2H3,(H,12,13)(H,14,15). The summed E-state index contributed by atoms with van der Waals surface area (Å²) in [7, 11) is 0. The third-order valence-corrected chi connectivity index (χ3v) is 2.20. The Bertz CT molecular complexity index is 219. The van der Waals surface area contributed by atoms with Crippen LogP contribution in [0.1, 0.15) is 33.1 Å². The van der Waals surface area contributed by atoms with Gasteiger partial charge in [0.05, 0.1) is 0 Å². The molecule has 0 fully saturated rings. The van der Waals surface area contributed by atoms with Crippen LogP contribution in [0.3, 0.4) is 0 Å². The molecule has 0 aliphatic heterocycles. The van der Waals surface area contributed by atoms with E-state index in [0.717, 1.165) is 12.8 Å². The summed E-state index contributed by atoms with van der Waals surface area (Å²) in [5.74, 6) is -1.55. The first kappa shape index (κ1) is 13.9. The van der Waals surface area contributed by atoms with Crippen LogP contribution in [0.2, 0.25) is 0 Å². The predicted octanol–water partition coefficient (Wildman–Crippen LogP) is 0.341. The van der Waals surface area contributed by atoms with Crippen LogP contribution in [0.4, 0.5) is 0 Å². The Kier molecular flexibility index (Phi) is 6.70. The molecule has 0 heterocycles. The van der Waals surface area contributed by atoms with Crippen molar-refractivity contribution in [3.05, 3.63) is 0 Å². The Morgan fingerprint density at radius 3 is 2.53 bits per heavy atom. The predicted molar refractivity (Wildman–Crippen MR) is 57.3 cm³/mol. The van der Waals surface area contributed by atoms with Crippen molar-refractivity contribution in [2.75, 3.05) is 6.54 Å². The van der Waals surface area contributed by atoms with Crippen LogP contribution in [0.15, 0.2) is 0 Å². The minimum Gasteiger partial charge on any atom is -0.480 e. The summed E-state index contributed by atoms with van der Waals surface area (Å²) < 4.78 is 0. The number of carboxylic acids is 1. The second-order valence-corrected chi connectivity index (χ2v) is 3.73. The molecule has 4 N–H and O–H groups in total. The number of unbranched alkanes of at least 4 members (excludes halogenated alkanes) is 1. The minimum absolute atomic E-state index is 0.125. The lowest BCUT2D eigenvalue weighted by Crippen LogP contribution is -2.37. The summed E-state index contributed by atoms with van der Waals surface area (Å²) in [6.45, 7) is 4.36. The maximum absolute atomic E-state index is 11.4. The van der Waals surface area contributed by atoms with Crippen molar-refractivity contribution in [2.45, 2.75) is 39.2 Å². The minimum atomic E-state index is -1.07. The molecule has 0 saturated carbocycles. The molecule has 0 aliphatic carbocycles. The van der Waals surface area contributed by atoms with Gasteiger partial charge in [-0.3, -0.25) is 9.59 Å². The number of nitrogens with two attached hydrogens (primary N) is 1. The molecule has 0 saturated heterocycles. The number of hydrogen-bond acceptors (Lipinski definition) is 3. The molecule has 5 nitrogen and oxygen atoms in total. The third-order valence-electron chi connectivity index (χ3n) is 2.20. The average molecular weight is 216 g/mol. The molecule has 0 aromatic carbocycles. The number of aliphatic carboxylic acids is 1. The molecule has 2 atom stereocenters. The highest BCUT2D eigenvalue weighted by Crippen LogP contribution is 2.04. The number of carbonyl (C=O) groups is 2. The summed E-state index contributed by atoms with van der Waals surface area (Å²) >= 11 is 0. The number of hydrogen-bond donors (Lipinski definition) is 3. The number of nitrogens with one attached hydrogen (secondary N) is 1. The van der Waals surface area contributed by atoms with Crippen LogP contribution in [-0.4, -0.2) is 29.6 Å². The number of carboxylic acid groups (broad SMARTS) is 1. The Morgan fingerprint density at radius 1 is 1.47 bits per heavy atom. The zero-order valence-electron chi connectivity index (χ0n) is 9.32. The number of rotatable bonds is 7. The second kappa shape index (κ2) is 7.23. The third kappa shape index (κ3) is 6.06. The van der Waals surface area contributed by atoms with Crippen LogP contribution in [0, 0.1) is 5.92 Å². The zero-order chi connectivity index (χ0) is 11.8. The largest absolute Gasteiger partial charge is 0.480 e. The van der Waals surface area contributed by atoms with Gasteiger partial charge in [-0.2, -0.15) is 0 Å². The molecular weight excluding hydrogens is 196 g/mol. The molecule has 2 unspecified atom stereocenters. The van der Waals surface area contributed by atoms with E-state index in [0.29, 0.717) is 6.54 Å². The fourth-order valence-electron chi connectivity index (χ4n) is 1.15. The molecule has 88 valence electrons. The van der Waals surface area contributed by atoms with Crippen LogP contribution in [0.25, 0.3) is 0 Å². The van der Waals surface area contributed by atoms with Gasteiger partial charge in [-0.1, -0.05) is 20.3 Å². The van der Waals surface area contributed by atoms with Gasteiger partial charge in [0.1, 0.15) is 6.04 Å². The molecular formula is C10H20N2O3. The van der Waals surface area contributed by atoms with Crippen molar-refractivity contribution in [1.29, 1.82) is 0 Å². The van der Waals surface area contributed by atoms with Crippen molar-refractivity contribution in [3.8, 4) is 0 Å². The molecule has 15 heavy (non-hydrogen) atoms. The van der Waals surface area contributed by atoms with Crippen molar-refractivity contribution >= 4 is 11.9 Å². The molecule has 5 heteroatoms. The molecule has 0 bridgehead atoms. The van der Waals surface area contributed by atoms with Gasteiger partial charge in [-0.25, -0.2) is 0 Å². The van der Waals surface area contributed by atoms with Gasteiger partial charge in [0.25, 0.3) is 0 Å². The molecule has 0 radical (unpaired) electrons. The van der Waals surface area contributed by atoms with E-state index in [1.165, 1.54) is 0 Å². The van der Waals surface area contributed by atoms with Crippen molar-refractivity contribution < 1.29 is 14.7 Å². The first-order valence-corrected chi connectivity index (χ1v) is 5.25. The van der Waals surface area contributed by atoms with E-state index in [1.807, 2.05) is 6.92 Å². The lowest BCUT2D eigenvalue weighted by Gasteiger charge is -2.14. The lowest BCUT2D eigenvalue weighted by atomic mass is 10.0. The average Bonchev–Trinajstić information content (AvgIpc) is 2.17. The fraction of sp³-hybridized carbons (Fsp3) is 0.800. The highest BCUT2D eigenvalue weighted by Gasteiger charge is 2.20. The SMILES string of the molecule is CCCCNC(=O)C(C)CC(N)C(=O)O. The summed E-state index contributed by atoms with van der Waals surface area (Å²) in [6.07, 6.45) is 2.13. The Morgan fingerprint density at radius 2 is 2.07 bits per heavy atom. The van der Waals surface area contributed by atoms with Gasteiger partial charge in [0.2, 0.25) is 5.91 Å². The van der Waals surface area contributed by atoms with E-state index in [2.05, 4.69) is 5.32 Å². The molecule has 0 aromatic rings. The fourth-order valence-corrected chi connectivity index (χ4v) is 1.15. The van der Waals surface area contributed by atoms with Crippen molar-refractivity contribution in [3.63, 3.8) is 0 Å². The van der Waals surface area contributed by atoms with Gasteiger partial charge < -0.3 is 16.2 Å². The van der Waals surface area contributed by atoms with E-state index in [-0.39, 0.29) is 18.2 Å². The van der Waals surface area contributed by atoms with E-state index in [4.69, 9.17) is 10.8 Å². The summed E-state index contributed by atoms with van der Waals surface area (Å²) in [5.41, 5.74) is 5.33. The van der Waals surface area contributed by atoms with Gasteiger partial charge in [0, 0.05) is 12.5 Å². The van der Waals surface area contributed by atoms with Gasteiger partial charge >= 0.3 is 5.97 Å². The maximum atomic E-state index is 11.4.